The van der Waals surface area contributed by atoms with Crippen LogP contribution in [0.3, 0.4) is 0 Å². The van der Waals surface area contributed by atoms with Gasteiger partial charge in [-0.05, 0) is 45.5 Å². The minimum atomic E-state index is -0.964. The van der Waals surface area contributed by atoms with Crippen molar-refractivity contribution in [1.29, 1.82) is 0 Å². The number of benzene rings is 1. The summed E-state index contributed by atoms with van der Waals surface area (Å²) in [5.41, 5.74) is 6.65. The van der Waals surface area contributed by atoms with E-state index in [4.69, 9.17) is 5.73 Å². The van der Waals surface area contributed by atoms with Gasteiger partial charge in [-0.25, -0.2) is 4.39 Å². The van der Waals surface area contributed by atoms with Crippen molar-refractivity contribution in [3.05, 3.63) is 29.6 Å². The van der Waals surface area contributed by atoms with E-state index in [1.807, 2.05) is 13.0 Å². The maximum absolute atomic E-state index is 13.8. The molecule has 5 nitrogen and oxygen atoms in total. The SMILES string of the molecule is CCN1CCN(c2ccc(F)cc2C(C)NC(=O)C(C)(C)N)CC1. The Hall–Kier alpha value is -1.66. The number of rotatable bonds is 5. The second-order valence-electron chi connectivity index (χ2n) is 7.04. The minimum absolute atomic E-state index is 0.249. The van der Waals surface area contributed by atoms with Gasteiger partial charge in [-0.2, -0.15) is 0 Å². The van der Waals surface area contributed by atoms with E-state index in [0.29, 0.717) is 0 Å². The zero-order valence-corrected chi connectivity index (χ0v) is 15.1. The number of amides is 1. The summed E-state index contributed by atoms with van der Waals surface area (Å²) in [4.78, 5) is 16.8. The summed E-state index contributed by atoms with van der Waals surface area (Å²) in [6.07, 6.45) is 0. The van der Waals surface area contributed by atoms with E-state index < -0.39 is 5.54 Å². The van der Waals surface area contributed by atoms with Gasteiger partial charge in [0.2, 0.25) is 5.91 Å². The first-order chi connectivity index (χ1) is 11.2. The Morgan fingerprint density at radius 1 is 1.33 bits per heavy atom. The van der Waals surface area contributed by atoms with Gasteiger partial charge in [0.25, 0.3) is 0 Å². The van der Waals surface area contributed by atoms with Crippen LogP contribution in [0.25, 0.3) is 0 Å². The Labute approximate surface area is 144 Å². The Bertz CT molecular complexity index is 577. The summed E-state index contributed by atoms with van der Waals surface area (Å²) in [5, 5.41) is 2.90. The second kappa shape index (κ2) is 7.49. The van der Waals surface area contributed by atoms with E-state index in [-0.39, 0.29) is 17.8 Å². The summed E-state index contributed by atoms with van der Waals surface area (Å²) in [7, 11) is 0. The summed E-state index contributed by atoms with van der Waals surface area (Å²) in [6.45, 7) is 12.2. The van der Waals surface area contributed by atoms with E-state index >= 15 is 0 Å². The van der Waals surface area contributed by atoms with Crippen molar-refractivity contribution in [1.82, 2.24) is 10.2 Å². The van der Waals surface area contributed by atoms with Gasteiger partial charge >= 0.3 is 0 Å². The summed E-state index contributed by atoms with van der Waals surface area (Å²) in [5.74, 6) is -0.546. The highest BCUT2D eigenvalue weighted by Crippen LogP contribution is 2.28. The molecule has 1 fully saturated rings. The highest BCUT2D eigenvalue weighted by Gasteiger charge is 2.26. The lowest BCUT2D eigenvalue weighted by Crippen LogP contribution is -2.50. The number of nitrogens with one attached hydrogen (secondary N) is 1. The third-order valence-electron chi connectivity index (χ3n) is 4.55. The molecule has 134 valence electrons. The van der Waals surface area contributed by atoms with Crippen LogP contribution in [-0.2, 0) is 4.79 Å². The molecule has 24 heavy (non-hydrogen) atoms. The molecule has 0 radical (unpaired) electrons. The number of nitrogens with two attached hydrogens (primary N) is 1. The van der Waals surface area contributed by atoms with E-state index in [2.05, 4.69) is 22.0 Å². The number of nitrogens with zero attached hydrogens (tertiary/aromatic N) is 2. The molecule has 1 amide bonds. The van der Waals surface area contributed by atoms with Crippen LogP contribution < -0.4 is 16.0 Å². The molecule has 0 bridgehead atoms. The quantitative estimate of drug-likeness (QED) is 0.862. The molecule has 0 aromatic heterocycles. The van der Waals surface area contributed by atoms with E-state index in [9.17, 15) is 9.18 Å². The molecular weight excluding hydrogens is 307 g/mol. The molecule has 1 atom stereocenters. The first kappa shape index (κ1) is 18.7. The van der Waals surface area contributed by atoms with Gasteiger partial charge in [-0.3, -0.25) is 4.79 Å². The van der Waals surface area contributed by atoms with Crippen LogP contribution >= 0.6 is 0 Å². The number of anilines is 1. The number of likely N-dealkylation sites (N-methyl/N-ethyl adjacent to an activating group) is 1. The number of halogens is 1. The van der Waals surface area contributed by atoms with Gasteiger partial charge in [-0.1, -0.05) is 6.92 Å². The number of hydrogen-bond acceptors (Lipinski definition) is 4. The largest absolute Gasteiger partial charge is 0.369 e. The van der Waals surface area contributed by atoms with Crippen molar-refractivity contribution in [2.75, 3.05) is 37.6 Å². The molecule has 2 rings (SSSR count). The third kappa shape index (κ3) is 4.45. The van der Waals surface area contributed by atoms with Crippen LogP contribution in [0.5, 0.6) is 0 Å². The molecule has 1 aromatic rings. The lowest BCUT2D eigenvalue weighted by molar-refractivity contribution is -0.125. The number of carbonyl (C=O) groups is 1. The van der Waals surface area contributed by atoms with Crippen molar-refractivity contribution in [2.45, 2.75) is 39.3 Å². The second-order valence-corrected chi connectivity index (χ2v) is 7.04. The average molecular weight is 336 g/mol. The molecule has 0 saturated carbocycles. The normalized spacial score (nSPS) is 17.7. The Kier molecular flexibility index (Phi) is 5.83. The van der Waals surface area contributed by atoms with E-state index in [0.717, 1.165) is 44.0 Å². The number of hydrogen-bond donors (Lipinski definition) is 2. The van der Waals surface area contributed by atoms with Gasteiger partial charge < -0.3 is 20.9 Å². The van der Waals surface area contributed by atoms with Gasteiger partial charge in [-0.15, -0.1) is 0 Å². The lowest BCUT2D eigenvalue weighted by Gasteiger charge is -2.37. The van der Waals surface area contributed by atoms with Gasteiger partial charge in [0, 0.05) is 37.4 Å². The number of piperazine rings is 1. The molecule has 1 aliphatic rings. The van der Waals surface area contributed by atoms with Crippen molar-refractivity contribution < 1.29 is 9.18 Å². The lowest BCUT2D eigenvalue weighted by atomic mass is 10.0. The third-order valence-corrected chi connectivity index (χ3v) is 4.55. The van der Waals surface area contributed by atoms with Crippen LogP contribution in [0.1, 0.15) is 39.3 Å². The van der Waals surface area contributed by atoms with Crippen LogP contribution in [0.4, 0.5) is 10.1 Å². The fourth-order valence-electron chi connectivity index (χ4n) is 2.93. The first-order valence-electron chi connectivity index (χ1n) is 8.59. The fourth-order valence-corrected chi connectivity index (χ4v) is 2.93. The molecule has 1 saturated heterocycles. The highest BCUT2D eigenvalue weighted by atomic mass is 19.1. The van der Waals surface area contributed by atoms with Gasteiger partial charge in [0.15, 0.2) is 0 Å². The molecule has 0 spiro atoms. The van der Waals surface area contributed by atoms with Crippen LogP contribution in [-0.4, -0.2) is 49.1 Å². The van der Waals surface area contributed by atoms with E-state index in [1.165, 1.54) is 12.1 Å². The molecule has 1 unspecified atom stereocenters. The Morgan fingerprint density at radius 2 is 1.96 bits per heavy atom. The first-order valence-corrected chi connectivity index (χ1v) is 8.59. The van der Waals surface area contributed by atoms with Crippen LogP contribution in [0, 0.1) is 5.82 Å². The van der Waals surface area contributed by atoms with E-state index in [1.54, 1.807) is 13.8 Å². The van der Waals surface area contributed by atoms with Gasteiger partial charge in [0.1, 0.15) is 5.82 Å². The maximum Gasteiger partial charge on any atom is 0.239 e. The van der Waals surface area contributed by atoms with Crippen molar-refractivity contribution in [2.24, 2.45) is 5.73 Å². The van der Waals surface area contributed by atoms with Gasteiger partial charge in [0.05, 0.1) is 11.6 Å². The van der Waals surface area contributed by atoms with Crippen molar-refractivity contribution >= 4 is 11.6 Å². The Morgan fingerprint density at radius 3 is 2.50 bits per heavy atom. The molecule has 1 heterocycles. The summed E-state index contributed by atoms with van der Waals surface area (Å²) < 4.78 is 13.8. The predicted octanol–water partition coefficient (Wildman–Crippen LogP) is 1.88. The molecule has 1 aromatic carbocycles. The minimum Gasteiger partial charge on any atom is -0.369 e. The standard InChI is InChI=1S/C18H29FN4O/c1-5-22-8-10-23(11-9-22)16-7-6-14(19)12-15(16)13(2)21-17(24)18(3,4)20/h6-7,12-13H,5,8-11,20H2,1-4H3,(H,21,24). The van der Waals surface area contributed by atoms with Crippen LogP contribution in [0.15, 0.2) is 18.2 Å². The smallest absolute Gasteiger partial charge is 0.239 e. The average Bonchev–Trinajstić information content (AvgIpc) is 2.54. The molecule has 0 aliphatic carbocycles. The molecule has 1 aliphatic heterocycles. The Balaban J connectivity index is 2.20. The molecular formula is C18H29FN4O. The predicted molar refractivity (Wildman–Crippen MR) is 95.6 cm³/mol. The summed E-state index contributed by atoms with van der Waals surface area (Å²) >= 11 is 0. The monoisotopic (exact) mass is 336 g/mol. The topological polar surface area (TPSA) is 61.6 Å². The number of carbonyl (C=O) groups excluding carboxylic acids is 1. The van der Waals surface area contributed by atoms with Crippen molar-refractivity contribution in [3.63, 3.8) is 0 Å². The zero-order valence-electron chi connectivity index (χ0n) is 15.1. The van der Waals surface area contributed by atoms with Crippen LogP contribution in [0.2, 0.25) is 0 Å². The highest BCUT2D eigenvalue weighted by molar-refractivity contribution is 5.85. The molecule has 6 heteroatoms. The maximum atomic E-state index is 13.8. The summed E-state index contributed by atoms with van der Waals surface area (Å²) in [6, 6.07) is 4.49. The molecule has 3 N–H and O–H groups in total. The zero-order chi connectivity index (χ0) is 17.9. The van der Waals surface area contributed by atoms with Crippen molar-refractivity contribution in [3.8, 4) is 0 Å². The fraction of sp³-hybridized carbons (Fsp3) is 0.611.